The molecule has 1 unspecified atom stereocenters. The van der Waals surface area contributed by atoms with Gasteiger partial charge in [0.15, 0.2) is 0 Å². The van der Waals surface area contributed by atoms with Gasteiger partial charge in [-0.2, -0.15) is 0 Å². The summed E-state index contributed by atoms with van der Waals surface area (Å²) in [7, 11) is -4.32. The minimum Gasteiger partial charge on any atom is -0.778 e. The Morgan fingerprint density at radius 3 is 2.25 bits per heavy atom. The Morgan fingerprint density at radius 2 is 2.25 bits per heavy atom. The van der Waals surface area contributed by atoms with E-state index in [1.54, 1.807) is 0 Å². The number of carbonyl (C=O) groups is 1. The minimum atomic E-state index is -4.32. The highest BCUT2D eigenvalue weighted by Gasteiger charge is 2.03. The van der Waals surface area contributed by atoms with Gasteiger partial charge in [-0.3, -0.25) is 4.79 Å². The molecular formula is C3H6O4P-. The lowest BCUT2D eigenvalue weighted by atomic mass is 10.5. The van der Waals surface area contributed by atoms with Crippen molar-refractivity contribution in [1.82, 2.24) is 0 Å². The topological polar surface area (TPSA) is 77.4 Å². The molecule has 0 heterocycles. The van der Waals surface area contributed by atoms with Gasteiger partial charge < -0.3 is 14.4 Å². The first-order valence-electron chi connectivity index (χ1n) is 1.94. The third kappa shape index (κ3) is 5.82. The molecule has 0 spiro atoms. The molecule has 0 saturated heterocycles. The third-order valence-electron chi connectivity index (χ3n) is 0.422. The van der Waals surface area contributed by atoms with Gasteiger partial charge in [0.1, 0.15) is 13.4 Å². The predicted molar refractivity (Wildman–Crippen MR) is 25.4 cm³/mol. The van der Waals surface area contributed by atoms with Crippen LogP contribution in [0.25, 0.3) is 0 Å². The molecule has 48 valence electrons. The van der Waals surface area contributed by atoms with Crippen LogP contribution >= 0.6 is 7.60 Å². The van der Waals surface area contributed by atoms with E-state index in [2.05, 4.69) is 0 Å². The molecule has 0 aliphatic heterocycles. The zero-order valence-electron chi connectivity index (χ0n) is 4.33. The van der Waals surface area contributed by atoms with Gasteiger partial charge in [-0.1, -0.05) is 0 Å². The third-order valence-corrected chi connectivity index (χ3v) is 1.27. The van der Waals surface area contributed by atoms with E-state index >= 15 is 0 Å². The maximum atomic E-state index is 9.93. The van der Waals surface area contributed by atoms with Crippen LogP contribution in [0.5, 0.6) is 0 Å². The van der Waals surface area contributed by atoms with Gasteiger partial charge in [0, 0.05) is 0 Å². The van der Waals surface area contributed by atoms with Crippen LogP contribution in [-0.2, 0) is 9.36 Å². The van der Waals surface area contributed by atoms with E-state index in [1.807, 2.05) is 0 Å². The second-order valence-electron chi connectivity index (χ2n) is 1.50. The maximum Gasteiger partial charge on any atom is 0.139 e. The van der Waals surface area contributed by atoms with Crippen molar-refractivity contribution in [1.29, 1.82) is 0 Å². The predicted octanol–water partition coefficient (Wildman–Crippen LogP) is -0.879. The van der Waals surface area contributed by atoms with Gasteiger partial charge in [0.05, 0.1) is 6.16 Å². The fourth-order valence-electron chi connectivity index (χ4n) is 0.281. The van der Waals surface area contributed by atoms with E-state index in [0.717, 1.165) is 6.92 Å². The second-order valence-corrected chi connectivity index (χ2v) is 3.09. The molecule has 0 radical (unpaired) electrons. The number of ketones is 1. The molecule has 0 fully saturated rings. The number of Topliss-reactive ketones (excluding diaryl/α,β-unsaturated/α-hetero) is 1. The minimum absolute atomic E-state index is 0.550. The summed E-state index contributed by atoms with van der Waals surface area (Å²) in [6.45, 7) is 1.10. The van der Waals surface area contributed by atoms with Gasteiger partial charge in [-0.25, -0.2) is 0 Å². The van der Waals surface area contributed by atoms with Crippen LogP contribution in [0.1, 0.15) is 6.92 Å². The van der Waals surface area contributed by atoms with Gasteiger partial charge in [0.2, 0.25) is 0 Å². The molecule has 0 aliphatic carbocycles. The van der Waals surface area contributed by atoms with Crippen LogP contribution in [0.15, 0.2) is 0 Å². The van der Waals surface area contributed by atoms with Crippen LogP contribution in [0.4, 0.5) is 0 Å². The van der Waals surface area contributed by atoms with Crippen LogP contribution in [-0.4, -0.2) is 16.8 Å². The Balaban J connectivity index is 3.74. The fourth-order valence-corrected chi connectivity index (χ4v) is 0.844. The first-order valence-corrected chi connectivity index (χ1v) is 3.70. The zero-order valence-corrected chi connectivity index (χ0v) is 5.22. The van der Waals surface area contributed by atoms with Crippen molar-refractivity contribution in [2.45, 2.75) is 6.92 Å². The standard InChI is InChI=1S/C3H7O4P/c1-3(4)2-8(5,6)7/h2H2,1H3,(H2,5,6,7)/p-1. The molecule has 8 heavy (non-hydrogen) atoms. The summed E-state index contributed by atoms with van der Waals surface area (Å²) < 4.78 is 9.80. The van der Waals surface area contributed by atoms with Gasteiger partial charge in [0.25, 0.3) is 0 Å². The van der Waals surface area contributed by atoms with Crippen LogP contribution in [0.3, 0.4) is 0 Å². The highest BCUT2D eigenvalue weighted by atomic mass is 31.2. The number of hydrogen-bond donors (Lipinski definition) is 1. The molecule has 0 aromatic heterocycles. The van der Waals surface area contributed by atoms with Gasteiger partial charge in [-0.15, -0.1) is 0 Å². The summed E-state index contributed by atoms with van der Waals surface area (Å²) in [5, 5.41) is 0. The van der Waals surface area contributed by atoms with Crippen molar-refractivity contribution >= 4 is 13.4 Å². The molecule has 4 nitrogen and oxygen atoms in total. The number of carbonyl (C=O) groups excluding carboxylic acids is 1. The van der Waals surface area contributed by atoms with Crippen LogP contribution < -0.4 is 4.89 Å². The van der Waals surface area contributed by atoms with E-state index < -0.39 is 19.5 Å². The van der Waals surface area contributed by atoms with Crippen molar-refractivity contribution < 1.29 is 19.1 Å². The van der Waals surface area contributed by atoms with E-state index in [9.17, 15) is 14.3 Å². The number of rotatable bonds is 2. The average Bonchev–Trinajstić information content (AvgIpc) is 1.21. The molecule has 0 bridgehead atoms. The van der Waals surface area contributed by atoms with Gasteiger partial charge >= 0.3 is 0 Å². The quantitative estimate of drug-likeness (QED) is 0.501. The lowest BCUT2D eigenvalue weighted by molar-refractivity contribution is -0.193. The molecule has 0 aromatic rings. The van der Waals surface area contributed by atoms with Crippen molar-refractivity contribution in [3.05, 3.63) is 0 Å². The molecule has 0 rings (SSSR count). The second kappa shape index (κ2) is 2.40. The molecule has 1 N–H and O–H groups in total. The Bertz CT molecular complexity index is 134. The first kappa shape index (κ1) is 7.82. The van der Waals surface area contributed by atoms with E-state index in [0.29, 0.717) is 0 Å². The summed E-state index contributed by atoms with van der Waals surface area (Å²) in [5.41, 5.74) is 0. The Kier molecular flexibility index (Phi) is 2.34. The molecule has 1 atom stereocenters. The summed E-state index contributed by atoms with van der Waals surface area (Å²) in [6, 6.07) is 0. The first-order chi connectivity index (χ1) is 3.42. The molecule has 0 amide bonds. The van der Waals surface area contributed by atoms with Crippen LogP contribution in [0.2, 0.25) is 0 Å². The Hall–Kier alpha value is -0.180. The molecule has 0 aliphatic rings. The van der Waals surface area contributed by atoms with E-state index in [4.69, 9.17) is 4.89 Å². The largest absolute Gasteiger partial charge is 0.778 e. The Labute approximate surface area is 46.7 Å². The lowest BCUT2D eigenvalue weighted by Crippen LogP contribution is -2.09. The highest BCUT2D eigenvalue weighted by Crippen LogP contribution is 2.27. The van der Waals surface area contributed by atoms with E-state index in [1.165, 1.54) is 0 Å². The fraction of sp³-hybridized carbons (Fsp3) is 0.667. The SMILES string of the molecule is CC(=O)CP(=O)([O-])O. The smallest absolute Gasteiger partial charge is 0.139 e. The van der Waals surface area contributed by atoms with Gasteiger partial charge in [-0.05, 0) is 6.92 Å². The monoisotopic (exact) mass is 137 g/mol. The normalized spacial score (nSPS) is 17.4. The summed E-state index contributed by atoms with van der Waals surface area (Å²) >= 11 is 0. The summed E-state index contributed by atoms with van der Waals surface area (Å²) in [6.07, 6.45) is -0.757. The van der Waals surface area contributed by atoms with E-state index in [-0.39, 0.29) is 0 Å². The average molecular weight is 137 g/mol. The van der Waals surface area contributed by atoms with Crippen molar-refractivity contribution in [2.75, 3.05) is 6.16 Å². The molecular weight excluding hydrogens is 131 g/mol. The molecule has 0 aromatic carbocycles. The number of hydrogen-bond acceptors (Lipinski definition) is 3. The maximum absolute atomic E-state index is 9.93. The summed E-state index contributed by atoms with van der Waals surface area (Å²) in [5.74, 6) is -0.550. The van der Waals surface area contributed by atoms with Crippen molar-refractivity contribution in [3.8, 4) is 0 Å². The Morgan fingerprint density at radius 1 is 1.88 bits per heavy atom. The zero-order chi connectivity index (χ0) is 6.78. The molecule has 5 heteroatoms. The highest BCUT2D eigenvalue weighted by molar-refractivity contribution is 7.51. The lowest BCUT2D eigenvalue weighted by Gasteiger charge is -2.11. The van der Waals surface area contributed by atoms with Crippen LogP contribution in [0, 0.1) is 0 Å². The van der Waals surface area contributed by atoms with Crippen molar-refractivity contribution in [3.63, 3.8) is 0 Å². The summed E-state index contributed by atoms with van der Waals surface area (Å²) in [4.78, 5) is 27.7. The molecule has 0 saturated carbocycles. The van der Waals surface area contributed by atoms with Crippen molar-refractivity contribution in [2.24, 2.45) is 0 Å².